The van der Waals surface area contributed by atoms with Crippen LogP contribution in [0.1, 0.15) is 65.2 Å². The maximum absolute atomic E-state index is 13.6. The second-order valence-corrected chi connectivity index (χ2v) is 11.6. The van der Waals surface area contributed by atoms with Crippen LogP contribution in [0.25, 0.3) is 0 Å². The van der Waals surface area contributed by atoms with E-state index in [2.05, 4.69) is 18.7 Å². The number of halogens is 1. The van der Waals surface area contributed by atoms with Crippen molar-refractivity contribution in [3.05, 3.63) is 29.3 Å². The second-order valence-electron chi connectivity index (χ2n) is 11.1. The lowest BCUT2D eigenvalue weighted by Gasteiger charge is -2.45. The van der Waals surface area contributed by atoms with Crippen LogP contribution in [0.15, 0.2) is 24.3 Å². The molecule has 3 heterocycles. The highest BCUT2D eigenvalue weighted by Gasteiger charge is 2.42. The number of benzene rings is 1. The van der Waals surface area contributed by atoms with Crippen molar-refractivity contribution in [2.75, 3.05) is 45.9 Å². The first-order chi connectivity index (χ1) is 16.8. The van der Waals surface area contributed by atoms with Gasteiger partial charge in [-0.3, -0.25) is 9.59 Å². The zero-order valence-corrected chi connectivity index (χ0v) is 22.3. The van der Waals surface area contributed by atoms with Crippen molar-refractivity contribution in [1.29, 1.82) is 0 Å². The average molecular weight is 504 g/mol. The summed E-state index contributed by atoms with van der Waals surface area (Å²) in [6.45, 7) is 9.90. The molecule has 1 aromatic rings. The smallest absolute Gasteiger partial charge is 0.225 e. The van der Waals surface area contributed by atoms with Gasteiger partial charge in [-0.2, -0.15) is 0 Å². The highest BCUT2D eigenvalue weighted by Crippen LogP contribution is 2.37. The monoisotopic (exact) mass is 503 g/mol. The Labute approximate surface area is 215 Å². The first kappa shape index (κ1) is 26.3. The van der Waals surface area contributed by atoms with Gasteiger partial charge in [0.2, 0.25) is 11.8 Å². The van der Waals surface area contributed by atoms with Crippen molar-refractivity contribution in [3.63, 3.8) is 0 Å². The van der Waals surface area contributed by atoms with Gasteiger partial charge in [0.25, 0.3) is 0 Å². The molecule has 3 fully saturated rings. The Bertz CT molecular complexity index is 865. The van der Waals surface area contributed by atoms with E-state index >= 15 is 0 Å². The molecule has 1 aromatic carbocycles. The fraction of sp³-hybridized carbons (Fsp3) is 0.714. The van der Waals surface area contributed by atoms with Gasteiger partial charge in [-0.1, -0.05) is 17.7 Å². The van der Waals surface area contributed by atoms with Crippen LogP contribution in [0.4, 0.5) is 0 Å². The first-order valence-corrected chi connectivity index (χ1v) is 13.9. The zero-order valence-electron chi connectivity index (χ0n) is 21.5. The van der Waals surface area contributed by atoms with Gasteiger partial charge in [-0.05, 0) is 90.1 Å². The molecule has 0 spiro atoms. The minimum absolute atomic E-state index is 0.0902. The van der Waals surface area contributed by atoms with Crippen LogP contribution in [0.3, 0.4) is 0 Å². The summed E-state index contributed by atoms with van der Waals surface area (Å²) in [5, 5.41) is 0.633. The molecule has 3 aliphatic rings. The summed E-state index contributed by atoms with van der Waals surface area (Å²) >= 11 is 6.17. The van der Waals surface area contributed by atoms with E-state index in [1.54, 1.807) is 0 Å². The Balaban J connectivity index is 1.46. The number of carbonyl (C=O) groups excluding carboxylic acids is 2. The molecule has 194 valence electrons. The maximum Gasteiger partial charge on any atom is 0.225 e. The Kier molecular flexibility index (Phi) is 8.98. The Morgan fingerprint density at radius 1 is 1.03 bits per heavy atom. The average Bonchev–Trinajstić information content (AvgIpc) is 2.88. The summed E-state index contributed by atoms with van der Waals surface area (Å²) in [7, 11) is 0. The predicted octanol–water partition coefficient (Wildman–Crippen LogP) is 4.85. The van der Waals surface area contributed by atoms with Crippen LogP contribution in [0, 0.1) is 11.3 Å². The number of rotatable bonds is 7. The minimum atomic E-state index is -0.372. The summed E-state index contributed by atoms with van der Waals surface area (Å²) < 4.78 is 6.23. The van der Waals surface area contributed by atoms with Gasteiger partial charge in [-0.25, -0.2) is 0 Å². The van der Waals surface area contributed by atoms with Gasteiger partial charge >= 0.3 is 0 Å². The lowest BCUT2D eigenvalue weighted by atomic mass is 9.76. The van der Waals surface area contributed by atoms with E-state index in [1.165, 1.54) is 6.42 Å². The molecule has 0 saturated carbocycles. The van der Waals surface area contributed by atoms with Crippen LogP contribution >= 0.6 is 11.6 Å². The molecule has 0 aromatic heterocycles. The molecule has 0 N–H and O–H groups in total. The molecular formula is C28H42ClN3O3. The number of nitrogens with zero attached hydrogens (tertiary/aromatic N) is 3. The van der Waals surface area contributed by atoms with Crippen LogP contribution in [0.5, 0.6) is 5.75 Å². The summed E-state index contributed by atoms with van der Waals surface area (Å²) in [5.41, 5.74) is -0.372. The Morgan fingerprint density at radius 3 is 2.43 bits per heavy atom. The summed E-state index contributed by atoms with van der Waals surface area (Å²) in [4.78, 5) is 33.5. The zero-order chi connectivity index (χ0) is 24.8. The minimum Gasteiger partial charge on any atom is -0.493 e. The van der Waals surface area contributed by atoms with E-state index in [1.807, 2.05) is 34.1 Å². The van der Waals surface area contributed by atoms with Gasteiger partial charge in [0.15, 0.2) is 0 Å². The third-order valence-electron chi connectivity index (χ3n) is 8.16. The largest absolute Gasteiger partial charge is 0.493 e. The molecule has 2 amide bonds. The maximum atomic E-state index is 13.6. The number of amides is 2. The molecule has 1 atom stereocenters. The third-order valence-corrected chi connectivity index (χ3v) is 8.39. The number of hydrogen-bond donors (Lipinski definition) is 0. The predicted molar refractivity (Wildman–Crippen MR) is 140 cm³/mol. The van der Waals surface area contributed by atoms with E-state index in [0.29, 0.717) is 36.4 Å². The number of piperidine rings is 3. The first-order valence-electron chi connectivity index (χ1n) is 13.5. The van der Waals surface area contributed by atoms with Crippen molar-refractivity contribution in [2.24, 2.45) is 11.3 Å². The Morgan fingerprint density at radius 2 is 1.74 bits per heavy atom. The van der Waals surface area contributed by atoms with Gasteiger partial charge < -0.3 is 19.4 Å². The van der Waals surface area contributed by atoms with E-state index in [4.69, 9.17) is 16.3 Å². The standard InChI is InChI=1S/C28H42ClN3O3/c1-22(2)30-16-10-23(11-17-30)27(34)32-15-7-12-28(20-32,19-26(33)31-13-4-3-5-14-31)21-35-25-9-6-8-24(29)18-25/h6,8-9,18,22-23H,3-5,7,10-17,19-21H2,1-2H3/t28-/m0/s1. The summed E-state index contributed by atoms with van der Waals surface area (Å²) in [6.07, 6.45) is 7.44. The molecule has 0 radical (unpaired) electrons. The van der Waals surface area contributed by atoms with Gasteiger partial charge in [0, 0.05) is 55.0 Å². The SMILES string of the molecule is CC(C)N1CCC(C(=O)N2CCC[C@](COc3cccc(Cl)c3)(CC(=O)N3CCCCC3)C2)CC1. The molecular weight excluding hydrogens is 462 g/mol. The van der Waals surface area contributed by atoms with Crippen molar-refractivity contribution in [1.82, 2.24) is 14.7 Å². The van der Waals surface area contributed by atoms with E-state index in [0.717, 1.165) is 71.2 Å². The van der Waals surface area contributed by atoms with Gasteiger partial charge in [0.05, 0.1) is 6.61 Å². The summed E-state index contributed by atoms with van der Waals surface area (Å²) in [5.74, 6) is 1.28. The number of ether oxygens (including phenoxy) is 1. The highest BCUT2D eigenvalue weighted by atomic mass is 35.5. The quantitative estimate of drug-likeness (QED) is 0.533. The molecule has 0 bridgehead atoms. The molecule has 35 heavy (non-hydrogen) atoms. The van der Waals surface area contributed by atoms with Gasteiger partial charge in [0.1, 0.15) is 5.75 Å². The van der Waals surface area contributed by atoms with Crippen molar-refractivity contribution < 1.29 is 14.3 Å². The fourth-order valence-corrected chi connectivity index (χ4v) is 6.18. The van der Waals surface area contributed by atoms with Crippen LogP contribution in [-0.2, 0) is 9.59 Å². The molecule has 7 heteroatoms. The van der Waals surface area contributed by atoms with Crippen molar-refractivity contribution in [2.45, 2.75) is 71.3 Å². The summed E-state index contributed by atoms with van der Waals surface area (Å²) in [6, 6.07) is 7.95. The molecule has 3 aliphatic heterocycles. The molecule has 0 aliphatic carbocycles. The van der Waals surface area contributed by atoms with E-state index in [9.17, 15) is 9.59 Å². The van der Waals surface area contributed by atoms with Crippen molar-refractivity contribution >= 4 is 23.4 Å². The molecule has 4 rings (SSSR count). The van der Waals surface area contributed by atoms with Gasteiger partial charge in [-0.15, -0.1) is 0 Å². The number of carbonyl (C=O) groups is 2. The topological polar surface area (TPSA) is 53.1 Å². The van der Waals surface area contributed by atoms with Crippen LogP contribution in [0.2, 0.25) is 5.02 Å². The Hall–Kier alpha value is -1.79. The molecule has 3 saturated heterocycles. The van der Waals surface area contributed by atoms with Crippen LogP contribution in [-0.4, -0.2) is 78.4 Å². The highest BCUT2D eigenvalue weighted by molar-refractivity contribution is 6.30. The molecule has 6 nitrogen and oxygen atoms in total. The number of hydrogen-bond acceptors (Lipinski definition) is 4. The van der Waals surface area contributed by atoms with E-state index in [-0.39, 0.29) is 23.1 Å². The van der Waals surface area contributed by atoms with E-state index < -0.39 is 0 Å². The normalized spacial score (nSPS) is 24.6. The third kappa shape index (κ3) is 6.91. The lowest BCUT2D eigenvalue weighted by molar-refractivity contribution is -0.145. The lowest BCUT2D eigenvalue weighted by Crippen LogP contribution is -2.53. The number of likely N-dealkylation sites (tertiary alicyclic amines) is 3. The second kappa shape index (κ2) is 12.0. The van der Waals surface area contributed by atoms with Crippen LogP contribution < -0.4 is 4.74 Å². The van der Waals surface area contributed by atoms with Crippen molar-refractivity contribution in [3.8, 4) is 5.75 Å². The fourth-order valence-electron chi connectivity index (χ4n) is 6.00. The molecule has 0 unspecified atom stereocenters.